The molecule has 2 aliphatic rings. The van der Waals surface area contributed by atoms with Crippen molar-refractivity contribution in [2.75, 3.05) is 0 Å². The van der Waals surface area contributed by atoms with E-state index >= 15 is 0 Å². The molecule has 0 amide bonds. The van der Waals surface area contributed by atoms with E-state index < -0.39 is 5.60 Å². The fraction of sp³-hybridized carbons (Fsp3) is 0.375. The number of benzene rings is 2. The van der Waals surface area contributed by atoms with Crippen LogP contribution in [0, 0.1) is 5.92 Å². The first-order valence-corrected chi connectivity index (χ1v) is 6.52. The van der Waals surface area contributed by atoms with Crippen LogP contribution < -0.4 is 0 Å². The van der Waals surface area contributed by atoms with Gasteiger partial charge in [0.1, 0.15) is 0 Å². The predicted octanol–water partition coefficient (Wildman–Crippen LogP) is 3.38. The van der Waals surface area contributed by atoms with E-state index in [4.69, 9.17) is 0 Å². The third-order valence-corrected chi connectivity index (χ3v) is 4.49. The quantitative estimate of drug-likeness (QED) is 0.787. The van der Waals surface area contributed by atoms with E-state index in [-0.39, 0.29) is 0 Å². The van der Waals surface area contributed by atoms with Crippen LogP contribution >= 0.6 is 0 Å². The Balaban J connectivity index is 2.07. The fourth-order valence-electron chi connectivity index (χ4n) is 3.43. The molecule has 2 aromatic carbocycles. The smallest absolute Gasteiger partial charge is 0.0933 e. The first kappa shape index (κ1) is 9.67. The van der Waals surface area contributed by atoms with Crippen LogP contribution in [0.5, 0.6) is 0 Å². The maximum Gasteiger partial charge on any atom is 0.0933 e. The Hall–Kier alpha value is -1.34. The summed E-state index contributed by atoms with van der Waals surface area (Å²) >= 11 is 0. The summed E-state index contributed by atoms with van der Waals surface area (Å²) in [5.74, 6) is 0.501. The van der Waals surface area contributed by atoms with Crippen molar-refractivity contribution in [2.24, 2.45) is 5.92 Å². The van der Waals surface area contributed by atoms with Gasteiger partial charge in [-0.2, -0.15) is 0 Å². The minimum Gasteiger partial charge on any atom is -0.385 e. The summed E-state index contributed by atoms with van der Waals surface area (Å²) in [6.45, 7) is 0. The molecule has 4 rings (SSSR count). The van der Waals surface area contributed by atoms with Gasteiger partial charge in [0.25, 0.3) is 0 Å². The van der Waals surface area contributed by atoms with Gasteiger partial charge in [-0.15, -0.1) is 0 Å². The summed E-state index contributed by atoms with van der Waals surface area (Å²) in [5.41, 5.74) is 2.04. The molecular weight excluding hydrogens is 208 g/mol. The van der Waals surface area contributed by atoms with Crippen molar-refractivity contribution in [1.82, 2.24) is 0 Å². The molecule has 1 unspecified atom stereocenters. The molecule has 1 fully saturated rings. The predicted molar refractivity (Wildman–Crippen MR) is 68.9 cm³/mol. The average Bonchev–Trinajstić information content (AvgIpc) is 3.19. The molecular formula is C16H16O. The first-order chi connectivity index (χ1) is 8.29. The average molecular weight is 224 g/mol. The van der Waals surface area contributed by atoms with E-state index in [0.29, 0.717) is 5.92 Å². The minimum absolute atomic E-state index is 0.501. The molecule has 1 N–H and O–H groups in total. The van der Waals surface area contributed by atoms with Crippen LogP contribution in [0.2, 0.25) is 0 Å². The van der Waals surface area contributed by atoms with Crippen molar-refractivity contribution in [3.05, 3.63) is 47.5 Å². The number of hydrogen-bond donors (Lipinski definition) is 1. The summed E-state index contributed by atoms with van der Waals surface area (Å²) in [6.07, 6.45) is 4.29. The topological polar surface area (TPSA) is 20.2 Å². The van der Waals surface area contributed by atoms with Crippen LogP contribution in [0.25, 0.3) is 10.8 Å². The van der Waals surface area contributed by atoms with E-state index in [1.807, 2.05) is 0 Å². The highest BCUT2D eigenvalue weighted by molar-refractivity contribution is 5.90. The highest BCUT2D eigenvalue weighted by Gasteiger charge is 2.47. The molecule has 1 heteroatoms. The molecule has 1 nitrogen and oxygen atoms in total. The SMILES string of the molecule is OC1(C2CC2)CCc2cccc3cccc1c23. The first-order valence-electron chi connectivity index (χ1n) is 6.52. The Kier molecular flexibility index (Phi) is 1.77. The summed E-state index contributed by atoms with van der Waals surface area (Å²) in [7, 11) is 0. The zero-order chi connectivity index (χ0) is 11.5. The minimum atomic E-state index is -0.548. The molecule has 2 aromatic rings. The Morgan fingerprint density at radius 3 is 2.59 bits per heavy atom. The lowest BCUT2D eigenvalue weighted by Gasteiger charge is -2.34. The van der Waals surface area contributed by atoms with Crippen molar-refractivity contribution in [3.63, 3.8) is 0 Å². The van der Waals surface area contributed by atoms with Crippen LogP contribution in [0.3, 0.4) is 0 Å². The van der Waals surface area contributed by atoms with Crippen molar-refractivity contribution in [3.8, 4) is 0 Å². The third kappa shape index (κ3) is 1.23. The van der Waals surface area contributed by atoms with Gasteiger partial charge in [-0.3, -0.25) is 0 Å². The largest absolute Gasteiger partial charge is 0.385 e. The Morgan fingerprint density at radius 1 is 1.06 bits per heavy atom. The van der Waals surface area contributed by atoms with Crippen molar-refractivity contribution in [2.45, 2.75) is 31.3 Å². The molecule has 0 bridgehead atoms. The van der Waals surface area contributed by atoms with E-state index in [1.54, 1.807) is 0 Å². The standard InChI is InChI=1S/C16H16O/c17-16(13-7-8-13)10-9-12-4-1-3-11-5-2-6-14(16)15(11)12/h1-6,13,17H,7-10H2. The molecule has 0 aliphatic heterocycles. The second-order valence-electron chi connectivity index (χ2n) is 5.52. The van der Waals surface area contributed by atoms with E-state index in [0.717, 1.165) is 12.8 Å². The van der Waals surface area contributed by atoms with Gasteiger partial charge in [0, 0.05) is 0 Å². The Labute approximate surface area is 101 Å². The monoisotopic (exact) mass is 224 g/mol. The van der Waals surface area contributed by atoms with Crippen LogP contribution in [-0.4, -0.2) is 5.11 Å². The van der Waals surface area contributed by atoms with Gasteiger partial charge in [0.05, 0.1) is 5.60 Å². The lowest BCUT2D eigenvalue weighted by molar-refractivity contribution is 0.00356. The summed E-state index contributed by atoms with van der Waals surface area (Å²) < 4.78 is 0. The molecule has 0 heterocycles. The second-order valence-corrected chi connectivity index (χ2v) is 5.52. The zero-order valence-electron chi connectivity index (χ0n) is 9.82. The van der Waals surface area contributed by atoms with Gasteiger partial charge in [-0.25, -0.2) is 0 Å². The van der Waals surface area contributed by atoms with Crippen LogP contribution in [0.4, 0.5) is 0 Å². The van der Waals surface area contributed by atoms with Crippen molar-refractivity contribution < 1.29 is 5.11 Å². The molecule has 0 saturated heterocycles. The maximum atomic E-state index is 11.0. The second kappa shape index (κ2) is 3.11. The van der Waals surface area contributed by atoms with Crippen molar-refractivity contribution in [1.29, 1.82) is 0 Å². The number of aliphatic hydroxyl groups is 1. The van der Waals surface area contributed by atoms with E-state index in [1.165, 1.54) is 34.7 Å². The van der Waals surface area contributed by atoms with Gasteiger partial charge < -0.3 is 5.11 Å². The lowest BCUT2D eigenvalue weighted by atomic mass is 9.75. The van der Waals surface area contributed by atoms with Gasteiger partial charge in [0.2, 0.25) is 0 Å². The molecule has 0 spiro atoms. The zero-order valence-corrected chi connectivity index (χ0v) is 9.82. The maximum absolute atomic E-state index is 11.0. The molecule has 0 radical (unpaired) electrons. The van der Waals surface area contributed by atoms with Crippen LogP contribution in [-0.2, 0) is 12.0 Å². The lowest BCUT2D eigenvalue weighted by Crippen LogP contribution is -2.32. The van der Waals surface area contributed by atoms with Crippen LogP contribution in [0.1, 0.15) is 30.4 Å². The number of rotatable bonds is 1. The third-order valence-electron chi connectivity index (χ3n) is 4.49. The van der Waals surface area contributed by atoms with Gasteiger partial charge in [-0.05, 0) is 53.5 Å². The van der Waals surface area contributed by atoms with E-state index in [2.05, 4.69) is 36.4 Å². The van der Waals surface area contributed by atoms with Crippen LogP contribution in [0.15, 0.2) is 36.4 Å². The summed E-state index contributed by atoms with van der Waals surface area (Å²) in [6, 6.07) is 12.9. The fourth-order valence-corrected chi connectivity index (χ4v) is 3.43. The highest BCUT2D eigenvalue weighted by Crippen LogP contribution is 2.52. The molecule has 0 aromatic heterocycles. The highest BCUT2D eigenvalue weighted by atomic mass is 16.3. The molecule has 2 aliphatic carbocycles. The Morgan fingerprint density at radius 2 is 1.82 bits per heavy atom. The number of hydrogen-bond acceptors (Lipinski definition) is 1. The normalized spacial score (nSPS) is 27.4. The molecule has 1 atom stereocenters. The molecule has 17 heavy (non-hydrogen) atoms. The summed E-state index contributed by atoms with van der Waals surface area (Å²) in [4.78, 5) is 0. The van der Waals surface area contributed by atoms with E-state index in [9.17, 15) is 5.11 Å². The van der Waals surface area contributed by atoms with Gasteiger partial charge in [-0.1, -0.05) is 36.4 Å². The Bertz CT molecular complexity index is 592. The summed E-state index contributed by atoms with van der Waals surface area (Å²) in [5, 5.41) is 13.6. The van der Waals surface area contributed by atoms with Gasteiger partial charge in [0.15, 0.2) is 0 Å². The van der Waals surface area contributed by atoms with Crippen molar-refractivity contribution >= 4 is 10.8 Å². The molecule has 86 valence electrons. The molecule has 1 saturated carbocycles. The van der Waals surface area contributed by atoms with Gasteiger partial charge >= 0.3 is 0 Å². The number of aryl methyl sites for hydroxylation is 1.